The maximum atomic E-state index is 11.8. The summed E-state index contributed by atoms with van der Waals surface area (Å²) in [5.74, 6) is 0. The predicted molar refractivity (Wildman–Crippen MR) is 89.2 cm³/mol. The van der Waals surface area contributed by atoms with E-state index in [9.17, 15) is 4.79 Å². The lowest BCUT2D eigenvalue weighted by molar-refractivity contribution is 0.251. The minimum Gasteiger partial charge on any atom is -0.472 e. The second-order valence-electron chi connectivity index (χ2n) is 4.88. The topological polar surface area (TPSA) is 67.2 Å². The van der Waals surface area contributed by atoms with Gasteiger partial charge in [-0.25, -0.2) is 4.79 Å². The fourth-order valence-corrected chi connectivity index (χ4v) is 2.13. The number of carbonyl (C=O) groups is 1. The van der Waals surface area contributed by atoms with E-state index < -0.39 is 0 Å². The SMILES string of the molecule is O=C(NCc1ccc(-c2ccoc2)nc1)Nc1ccc(Cl)cc1. The lowest BCUT2D eigenvalue weighted by Gasteiger charge is -2.08. The van der Waals surface area contributed by atoms with Crippen LogP contribution in [-0.4, -0.2) is 11.0 Å². The van der Waals surface area contributed by atoms with Gasteiger partial charge in [0.1, 0.15) is 0 Å². The van der Waals surface area contributed by atoms with Crippen molar-refractivity contribution in [1.82, 2.24) is 10.3 Å². The van der Waals surface area contributed by atoms with Crippen molar-refractivity contribution in [3.05, 3.63) is 71.8 Å². The third kappa shape index (κ3) is 4.11. The molecule has 6 heteroatoms. The number of benzene rings is 1. The summed E-state index contributed by atoms with van der Waals surface area (Å²) in [6, 6.07) is 12.3. The number of amides is 2. The number of pyridine rings is 1. The first-order valence-electron chi connectivity index (χ1n) is 6.98. The summed E-state index contributed by atoms with van der Waals surface area (Å²) in [6.07, 6.45) is 4.97. The standard InChI is InChI=1S/C17H14ClN3O2/c18-14-2-4-15(5-3-14)21-17(22)20-10-12-1-6-16(19-9-12)13-7-8-23-11-13/h1-9,11H,10H2,(H2,20,21,22). The molecule has 0 spiro atoms. The Morgan fingerprint density at radius 1 is 1.13 bits per heavy atom. The van der Waals surface area contributed by atoms with Crippen molar-refractivity contribution in [3.63, 3.8) is 0 Å². The Kier molecular flexibility index (Phi) is 4.59. The van der Waals surface area contributed by atoms with Crippen LogP contribution in [0.1, 0.15) is 5.56 Å². The van der Waals surface area contributed by atoms with Gasteiger partial charge >= 0.3 is 6.03 Å². The van der Waals surface area contributed by atoms with Gasteiger partial charge in [0.15, 0.2) is 0 Å². The van der Waals surface area contributed by atoms with E-state index in [2.05, 4.69) is 15.6 Å². The van der Waals surface area contributed by atoms with Crippen LogP contribution in [0, 0.1) is 0 Å². The van der Waals surface area contributed by atoms with Crippen LogP contribution in [0.25, 0.3) is 11.3 Å². The number of urea groups is 1. The molecule has 0 saturated heterocycles. The molecule has 2 N–H and O–H groups in total. The Bertz CT molecular complexity index is 769. The first-order chi connectivity index (χ1) is 11.2. The maximum absolute atomic E-state index is 11.8. The average Bonchev–Trinajstić information content (AvgIpc) is 3.10. The van der Waals surface area contributed by atoms with Gasteiger partial charge in [-0.3, -0.25) is 4.98 Å². The van der Waals surface area contributed by atoms with E-state index in [4.69, 9.17) is 16.0 Å². The zero-order valence-electron chi connectivity index (χ0n) is 12.1. The van der Waals surface area contributed by atoms with Crippen molar-refractivity contribution in [2.75, 3.05) is 5.32 Å². The summed E-state index contributed by atoms with van der Waals surface area (Å²) in [5.41, 5.74) is 3.34. The van der Waals surface area contributed by atoms with Crippen molar-refractivity contribution in [2.45, 2.75) is 6.54 Å². The molecule has 1 aromatic carbocycles. The number of hydrogen-bond acceptors (Lipinski definition) is 3. The number of anilines is 1. The summed E-state index contributed by atoms with van der Waals surface area (Å²) in [5, 5.41) is 6.13. The van der Waals surface area contributed by atoms with E-state index in [0.717, 1.165) is 16.8 Å². The van der Waals surface area contributed by atoms with Gasteiger partial charge in [0.05, 0.1) is 18.2 Å². The molecule has 0 saturated carbocycles. The summed E-state index contributed by atoms with van der Waals surface area (Å²) in [7, 11) is 0. The molecule has 0 bridgehead atoms. The second-order valence-corrected chi connectivity index (χ2v) is 5.31. The van der Waals surface area contributed by atoms with Gasteiger partial charge in [-0.2, -0.15) is 0 Å². The lowest BCUT2D eigenvalue weighted by atomic mass is 10.2. The van der Waals surface area contributed by atoms with E-state index in [0.29, 0.717) is 17.3 Å². The highest BCUT2D eigenvalue weighted by Gasteiger charge is 2.04. The smallest absolute Gasteiger partial charge is 0.319 e. The molecule has 2 heterocycles. The number of rotatable bonds is 4. The van der Waals surface area contributed by atoms with Gasteiger partial charge < -0.3 is 15.1 Å². The molecule has 0 aliphatic heterocycles. The van der Waals surface area contributed by atoms with Crippen LogP contribution in [0.4, 0.5) is 10.5 Å². The van der Waals surface area contributed by atoms with Crippen molar-refractivity contribution < 1.29 is 9.21 Å². The van der Waals surface area contributed by atoms with Gasteiger partial charge in [-0.15, -0.1) is 0 Å². The second kappa shape index (κ2) is 6.98. The quantitative estimate of drug-likeness (QED) is 0.750. The number of halogens is 1. The van der Waals surface area contributed by atoms with Gasteiger partial charge in [0.2, 0.25) is 0 Å². The number of aromatic nitrogens is 1. The molecule has 2 aromatic heterocycles. The monoisotopic (exact) mass is 327 g/mol. The van der Waals surface area contributed by atoms with Crippen molar-refractivity contribution in [1.29, 1.82) is 0 Å². The third-order valence-corrected chi connectivity index (χ3v) is 3.45. The van der Waals surface area contributed by atoms with Gasteiger partial charge in [-0.05, 0) is 42.0 Å². The highest BCUT2D eigenvalue weighted by Crippen LogP contribution is 2.17. The zero-order valence-corrected chi connectivity index (χ0v) is 12.9. The molecule has 0 atom stereocenters. The summed E-state index contributed by atoms with van der Waals surface area (Å²) in [4.78, 5) is 16.2. The van der Waals surface area contributed by atoms with E-state index in [1.807, 2.05) is 18.2 Å². The summed E-state index contributed by atoms with van der Waals surface area (Å²) >= 11 is 5.80. The van der Waals surface area contributed by atoms with E-state index in [-0.39, 0.29) is 6.03 Å². The number of furan rings is 1. The van der Waals surface area contributed by atoms with E-state index in [1.54, 1.807) is 43.0 Å². The summed E-state index contributed by atoms with van der Waals surface area (Å²) < 4.78 is 5.03. The molecule has 116 valence electrons. The van der Waals surface area contributed by atoms with Gasteiger partial charge in [0.25, 0.3) is 0 Å². The van der Waals surface area contributed by atoms with Crippen LogP contribution in [0.3, 0.4) is 0 Å². The maximum Gasteiger partial charge on any atom is 0.319 e. The van der Waals surface area contributed by atoms with Crippen LogP contribution in [0.5, 0.6) is 0 Å². The molecule has 5 nitrogen and oxygen atoms in total. The first kappa shape index (κ1) is 15.1. The first-order valence-corrected chi connectivity index (χ1v) is 7.36. The molecule has 3 aromatic rings. The molecule has 3 rings (SSSR count). The average molecular weight is 328 g/mol. The van der Waals surface area contributed by atoms with E-state index >= 15 is 0 Å². The van der Waals surface area contributed by atoms with Gasteiger partial charge in [0, 0.05) is 29.0 Å². The molecule has 0 fully saturated rings. The van der Waals surface area contributed by atoms with Crippen molar-refractivity contribution in [3.8, 4) is 11.3 Å². The van der Waals surface area contributed by atoms with Crippen LogP contribution in [0.2, 0.25) is 5.02 Å². The Morgan fingerprint density at radius 3 is 2.61 bits per heavy atom. The molecular weight excluding hydrogens is 314 g/mol. The largest absolute Gasteiger partial charge is 0.472 e. The Balaban J connectivity index is 1.53. The molecule has 2 amide bonds. The lowest BCUT2D eigenvalue weighted by Crippen LogP contribution is -2.28. The molecule has 0 aliphatic carbocycles. The third-order valence-electron chi connectivity index (χ3n) is 3.20. The molecular formula is C17H14ClN3O2. The van der Waals surface area contributed by atoms with Crippen LogP contribution >= 0.6 is 11.6 Å². The van der Waals surface area contributed by atoms with Crippen LogP contribution < -0.4 is 10.6 Å². The Hall–Kier alpha value is -2.79. The fraction of sp³-hybridized carbons (Fsp3) is 0.0588. The normalized spacial score (nSPS) is 10.3. The Labute approximate surface area is 138 Å². The Morgan fingerprint density at radius 2 is 1.96 bits per heavy atom. The zero-order chi connectivity index (χ0) is 16.1. The van der Waals surface area contributed by atoms with E-state index in [1.165, 1.54) is 0 Å². The van der Waals surface area contributed by atoms with Gasteiger partial charge in [-0.1, -0.05) is 17.7 Å². The summed E-state index contributed by atoms with van der Waals surface area (Å²) in [6.45, 7) is 0.387. The fourth-order valence-electron chi connectivity index (χ4n) is 2.00. The highest BCUT2D eigenvalue weighted by molar-refractivity contribution is 6.30. The molecule has 23 heavy (non-hydrogen) atoms. The molecule has 0 aliphatic rings. The highest BCUT2D eigenvalue weighted by atomic mass is 35.5. The van der Waals surface area contributed by atoms with Crippen LogP contribution in [0.15, 0.2) is 65.6 Å². The predicted octanol–water partition coefficient (Wildman–Crippen LogP) is 4.32. The molecule has 0 unspecified atom stereocenters. The van der Waals surface area contributed by atoms with Crippen LogP contribution in [-0.2, 0) is 6.54 Å². The molecule has 0 radical (unpaired) electrons. The number of hydrogen-bond donors (Lipinski definition) is 2. The van der Waals surface area contributed by atoms with Crippen molar-refractivity contribution in [2.24, 2.45) is 0 Å². The number of nitrogens with zero attached hydrogens (tertiary/aromatic N) is 1. The minimum absolute atomic E-state index is 0.286. The minimum atomic E-state index is -0.286. The van der Waals surface area contributed by atoms with Crippen molar-refractivity contribution >= 4 is 23.3 Å². The number of nitrogens with one attached hydrogen (secondary N) is 2. The number of carbonyl (C=O) groups excluding carboxylic acids is 1.